The molecule has 38 heavy (non-hydrogen) atoms. The third kappa shape index (κ3) is 4.76. The average molecular weight is 531 g/mol. The van der Waals surface area contributed by atoms with E-state index in [2.05, 4.69) is 10.1 Å². The first-order chi connectivity index (χ1) is 18.2. The molecular formula is C28H23ClN4O5. The van der Waals surface area contributed by atoms with Gasteiger partial charge in [-0.15, -0.1) is 0 Å². The molecule has 0 aliphatic rings. The van der Waals surface area contributed by atoms with Crippen molar-refractivity contribution in [1.82, 2.24) is 14.8 Å². The Labute approximate surface area is 222 Å². The molecule has 1 amide bonds. The van der Waals surface area contributed by atoms with Gasteiger partial charge in [0.2, 0.25) is 5.91 Å². The standard InChI is InChI=1S/C28H23ClN4O5/c1-4-37-28(36)18-8-10-21-22(13-18)27(35)33(31-26(21)17-6-5-7-19(29)12-17)15-25(34)32(3)20-9-11-23-24(14-20)38-16(2)30-23/h5-14H,4,15H2,1-3H3. The van der Waals surface area contributed by atoms with Gasteiger partial charge in [-0.1, -0.05) is 29.8 Å². The van der Waals surface area contributed by atoms with E-state index < -0.39 is 11.5 Å². The second-order valence-electron chi connectivity index (χ2n) is 8.64. The summed E-state index contributed by atoms with van der Waals surface area (Å²) >= 11 is 6.22. The largest absolute Gasteiger partial charge is 0.462 e. The van der Waals surface area contributed by atoms with E-state index in [0.29, 0.717) is 44.3 Å². The second-order valence-corrected chi connectivity index (χ2v) is 9.08. The van der Waals surface area contributed by atoms with Gasteiger partial charge in [0.25, 0.3) is 5.56 Å². The van der Waals surface area contributed by atoms with Gasteiger partial charge in [0, 0.05) is 41.7 Å². The minimum atomic E-state index is -0.546. The fraction of sp³-hybridized carbons (Fsp3) is 0.179. The molecule has 192 valence electrons. The number of oxazole rings is 1. The molecule has 0 fully saturated rings. The normalized spacial score (nSPS) is 11.2. The minimum absolute atomic E-state index is 0.200. The van der Waals surface area contributed by atoms with Crippen LogP contribution < -0.4 is 10.5 Å². The smallest absolute Gasteiger partial charge is 0.338 e. The first kappa shape index (κ1) is 25.2. The number of carbonyl (C=O) groups excluding carboxylic acids is 2. The van der Waals surface area contributed by atoms with Crippen LogP contribution in [-0.2, 0) is 16.1 Å². The molecule has 0 aliphatic carbocycles. The summed E-state index contributed by atoms with van der Waals surface area (Å²) in [6.07, 6.45) is 0. The van der Waals surface area contributed by atoms with Crippen LogP contribution in [0.25, 0.3) is 33.1 Å². The summed E-state index contributed by atoms with van der Waals surface area (Å²) in [6.45, 7) is 3.31. The van der Waals surface area contributed by atoms with Gasteiger partial charge >= 0.3 is 5.97 Å². The van der Waals surface area contributed by atoms with Crippen LogP contribution in [0.4, 0.5) is 5.69 Å². The molecule has 2 heterocycles. The van der Waals surface area contributed by atoms with Crippen molar-refractivity contribution in [2.24, 2.45) is 0 Å². The van der Waals surface area contributed by atoms with Crippen LogP contribution in [0.15, 0.2) is 69.9 Å². The number of halogens is 1. The third-order valence-electron chi connectivity index (χ3n) is 6.09. The van der Waals surface area contributed by atoms with Crippen LogP contribution >= 0.6 is 11.6 Å². The highest BCUT2D eigenvalue weighted by Crippen LogP contribution is 2.28. The van der Waals surface area contributed by atoms with Gasteiger partial charge in [0.05, 0.1) is 23.3 Å². The number of rotatable bonds is 6. The summed E-state index contributed by atoms with van der Waals surface area (Å²) < 4.78 is 11.8. The maximum absolute atomic E-state index is 13.5. The van der Waals surface area contributed by atoms with Crippen LogP contribution in [0, 0.1) is 6.92 Å². The van der Waals surface area contributed by atoms with Crippen molar-refractivity contribution in [3.8, 4) is 11.3 Å². The molecule has 0 atom stereocenters. The number of amides is 1. The highest BCUT2D eigenvalue weighted by atomic mass is 35.5. The molecule has 2 aromatic heterocycles. The maximum Gasteiger partial charge on any atom is 0.338 e. The van der Waals surface area contributed by atoms with Gasteiger partial charge in [0.1, 0.15) is 12.1 Å². The number of aryl methyl sites for hydroxylation is 1. The van der Waals surface area contributed by atoms with Crippen molar-refractivity contribution in [3.63, 3.8) is 0 Å². The Morgan fingerprint density at radius 3 is 2.66 bits per heavy atom. The Morgan fingerprint density at radius 2 is 1.89 bits per heavy atom. The van der Waals surface area contributed by atoms with Gasteiger partial charge in [-0.2, -0.15) is 5.10 Å². The molecule has 0 saturated heterocycles. The number of anilines is 1. The van der Waals surface area contributed by atoms with Crippen LogP contribution in [0.2, 0.25) is 5.02 Å². The summed E-state index contributed by atoms with van der Waals surface area (Å²) in [4.78, 5) is 44.9. The lowest BCUT2D eigenvalue weighted by Gasteiger charge is -2.18. The maximum atomic E-state index is 13.5. The minimum Gasteiger partial charge on any atom is -0.462 e. The number of esters is 1. The van der Waals surface area contributed by atoms with Gasteiger partial charge in [0.15, 0.2) is 11.5 Å². The predicted molar refractivity (Wildman–Crippen MR) is 145 cm³/mol. The molecule has 9 nitrogen and oxygen atoms in total. The summed E-state index contributed by atoms with van der Waals surface area (Å²) in [5, 5.41) is 5.79. The first-order valence-electron chi connectivity index (χ1n) is 11.9. The molecule has 0 spiro atoms. The number of benzene rings is 3. The molecule has 0 N–H and O–H groups in total. The zero-order valence-corrected chi connectivity index (χ0v) is 21.7. The van der Waals surface area contributed by atoms with Gasteiger partial charge in [-0.3, -0.25) is 9.59 Å². The number of nitrogens with zero attached hydrogens (tertiary/aromatic N) is 4. The predicted octanol–water partition coefficient (Wildman–Crippen LogP) is 5.01. The summed E-state index contributed by atoms with van der Waals surface area (Å²) in [6, 6.07) is 17.0. The number of fused-ring (bicyclic) bond motifs is 2. The van der Waals surface area contributed by atoms with Crippen LogP contribution in [0.3, 0.4) is 0 Å². The quantitative estimate of drug-likeness (QED) is 0.284. The Bertz CT molecular complexity index is 1780. The summed E-state index contributed by atoms with van der Waals surface area (Å²) in [5.41, 5.74) is 2.63. The van der Waals surface area contributed by atoms with Gasteiger partial charge in [-0.25, -0.2) is 14.5 Å². The van der Waals surface area contributed by atoms with Crippen molar-refractivity contribution in [2.75, 3.05) is 18.6 Å². The lowest BCUT2D eigenvalue weighted by Crippen LogP contribution is -2.35. The Morgan fingerprint density at radius 1 is 1.08 bits per heavy atom. The fourth-order valence-electron chi connectivity index (χ4n) is 4.20. The average Bonchev–Trinajstić information content (AvgIpc) is 3.28. The molecule has 0 bridgehead atoms. The second kappa shape index (κ2) is 10.1. The molecule has 5 aromatic rings. The number of aromatic nitrogens is 3. The molecule has 5 rings (SSSR count). The molecular weight excluding hydrogens is 508 g/mol. The van der Waals surface area contributed by atoms with E-state index in [4.69, 9.17) is 20.8 Å². The Kier molecular flexibility index (Phi) is 6.69. The topological polar surface area (TPSA) is 108 Å². The fourth-order valence-corrected chi connectivity index (χ4v) is 4.39. The van der Waals surface area contributed by atoms with Crippen LogP contribution in [-0.4, -0.2) is 40.3 Å². The van der Waals surface area contributed by atoms with Crippen molar-refractivity contribution < 1.29 is 18.7 Å². The number of likely N-dealkylation sites (N-methyl/N-ethyl adjacent to an activating group) is 1. The van der Waals surface area contributed by atoms with E-state index in [-0.39, 0.29) is 30.0 Å². The van der Waals surface area contributed by atoms with Crippen molar-refractivity contribution in [2.45, 2.75) is 20.4 Å². The van der Waals surface area contributed by atoms with E-state index in [9.17, 15) is 14.4 Å². The highest BCUT2D eigenvalue weighted by Gasteiger charge is 2.20. The Balaban J connectivity index is 1.58. The van der Waals surface area contributed by atoms with E-state index in [0.717, 1.165) is 4.68 Å². The van der Waals surface area contributed by atoms with E-state index in [1.54, 1.807) is 69.4 Å². The molecule has 0 aliphatic heterocycles. The monoisotopic (exact) mass is 530 g/mol. The SMILES string of the molecule is CCOC(=O)c1ccc2c(-c3cccc(Cl)c3)nn(CC(=O)N(C)c3ccc4nc(C)oc4c3)c(=O)c2c1. The van der Waals surface area contributed by atoms with Gasteiger partial charge < -0.3 is 14.1 Å². The van der Waals surface area contributed by atoms with E-state index in [1.165, 1.54) is 11.0 Å². The molecule has 0 unspecified atom stereocenters. The summed E-state index contributed by atoms with van der Waals surface area (Å²) in [5.74, 6) is -0.405. The number of hydrogen-bond acceptors (Lipinski definition) is 7. The van der Waals surface area contributed by atoms with Gasteiger partial charge in [-0.05, 0) is 43.3 Å². The third-order valence-corrected chi connectivity index (χ3v) is 6.33. The van der Waals surface area contributed by atoms with E-state index in [1.807, 2.05) is 6.07 Å². The van der Waals surface area contributed by atoms with E-state index >= 15 is 0 Å². The molecule has 10 heteroatoms. The van der Waals surface area contributed by atoms with Crippen molar-refractivity contribution >= 4 is 51.0 Å². The zero-order chi connectivity index (χ0) is 27.0. The lowest BCUT2D eigenvalue weighted by molar-refractivity contribution is -0.119. The lowest BCUT2D eigenvalue weighted by atomic mass is 10.0. The molecule has 0 saturated carbocycles. The highest BCUT2D eigenvalue weighted by molar-refractivity contribution is 6.30. The summed E-state index contributed by atoms with van der Waals surface area (Å²) in [7, 11) is 1.61. The zero-order valence-electron chi connectivity index (χ0n) is 20.9. The van der Waals surface area contributed by atoms with Crippen molar-refractivity contribution in [1.29, 1.82) is 0 Å². The number of carbonyl (C=O) groups is 2. The number of ether oxygens (including phenoxy) is 1. The molecule has 3 aromatic carbocycles. The number of hydrogen-bond donors (Lipinski definition) is 0. The Hall–Kier alpha value is -4.50. The van der Waals surface area contributed by atoms with Crippen LogP contribution in [0.1, 0.15) is 23.2 Å². The van der Waals surface area contributed by atoms with Crippen molar-refractivity contribution in [3.05, 3.63) is 87.5 Å². The van der Waals surface area contributed by atoms with Crippen LogP contribution in [0.5, 0.6) is 0 Å². The molecule has 0 radical (unpaired) electrons. The first-order valence-corrected chi connectivity index (χ1v) is 12.2.